The molecular weight excluding hydrogens is 358 g/mol. The average molecular weight is 377 g/mol. The summed E-state index contributed by atoms with van der Waals surface area (Å²) in [5, 5.41) is 3.87. The van der Waals surface area contributed by atoms with Crippen molar-refractivity contribution in [1.29, 1.82) is 0 Å². The number of nitrogens with zero attached hydrogens (tertiary/aromatic N) is 1. The molecule has 1 heterocycles. The lowest BCUT2D eigenvalue weighted by atomic mass is 10.2. The summed E-state index contributed by atoms with van der Waals surface area (Å²) in [5.41, 5.74) is 5.81. The maximum atomic E-state index is 12.7. The highest BCUT2D eigenvalue weighted by molar-refractivity contribution is 7.91. The molecule has 0 fully saturated rings. The molecule has 2 aromatic rings. The minimum Gasteiger partial charge on any atom is -0.489 e. The van der Waals surface area contributed by atoms with Gasteiger partial charge in [0.05, 0.1) is 16.3 Å². The van der Waals surface area contributed by atoms with Crippen LogP contribution in [0.4, 0.5) is 10.5 Å². The molecule has 3 N–H and O–H groups in total. The topological polar surface area (TPSA) is 111 Å². The van der Waals surface area contributed by atoms with Crippen LogP contribution in [0.5, 0.6) is 5.75 Å². The normalized spacial score (nSPS) is 13.5. The summed E-state index contributed by atoms with van der Waals surface area (Å²) in [5.74, 6) is 0.333. The molecule has 0 unspecified atom stereocenters. The molecule has 0 saturated heterocycles. The van der Waals surface area contributed by atoms with Crippen molar-refractivity contribution in [2.75, 3.05) is 31.3 Å². The van der Waals surface area contributed by atoms with E-state index < -0.39 is 15.9 Å². The largest absolute Gasteiger partial charge is 0.489 e. The van der Waals surface area contributed by atoms with E-state index in [0.29, 0.717) is 31.1 Å². The van der Waals surface area contributed by atoms with Gasteiger partial charge in [0, 0.05) is 19.2 Å². The van der Waals surface area contributed by atoms with Gasteiger partial charge in [0.25, 0.3) is 0 Å². The van der Waals surface area contributed by atoms with Crippen LogP contribution in [0.2, 0.25) is 0 Å². The molecule has 1 aliphatic heterocycles. The molecule has 3 rings (SSSR count). The Morgan fingerprint density at radius 2 is 1.96 bits per heavy atom. The fourth-order valence-electron chi connectivity index (χ4n) is 2.48. The maximum Gasteiger partial charge on any atom is 0.431 e. The van der Waals surface area contributed by atoms with E-state index >= 15 is 0 Å². The molecule has 0 saturated carbocycles. The Kier molecular flexibility index (Phi) is 5.29. The number of nitrogens with two attached hydrogens (primary N) is 1. The first kappa shape index (κ1) is 18.0. The van der Waals surface area contributed by atoms with Crippen LogP contribution in [0, 0.1) is 0 Å². The van der Waals surface area contributed by atoms with E-state index in [0.717, 1.165) is 0 Å². The Hall–Kier alpha value is -2.78. The summed E-state index contributed by atoms with van der Waals surface area (Å²) in [6.07, 6.45) is -0.635. The summed E-state index contributed by atoms with van der Waals surface area (Å²) in [6.45, 7) is 1.18. The van der Waals surface area contributed by atoms with Crippen LogP contribution in [0.1, 0.15) is 0 Å². The molecule has 0 bridgehead atoms. The van der Waals surface area contributed by atoms with Crippen molar-refractivity contribution in [3.05, 3.63) is 48.5 Å². The molecule has 26 heavy (non-hydrogen) atoms. The highest BCUT2D eigenvalue weighted by Gasteiger charge is 2.25. The van der Waals surface area contributed by atoms with Crippen LogP contribution in [0.25, 0.3) is 0 Å². The third-order valence-corrected chi connectivity index (χ3v) is 5.49. The predicted octanol–water partition coefficient (Wildman–Crippen LogP) is 1.32. The van der Waals surface area contributed by atoms with E-state index in [4.69, 9.17) is 15.3 Å². The molecule has 0 spiro atoms. The van der Waals surface area contributed by atoms with Crippen molar-refractivity contribution in [3.8, 4) is 5.75 Å². The highest BCUT2D eigenvalue weighted by atomic mass is 32.2. The number of sulfone groups is 1. The van der Waals surface area contributed by atoms with Gasteiger partial charge < -0.3 is 20.6 Å². The number of amides is 1. The summed E-state index contributed by atoms with van der Waals surface area (Å²) in [7, 11) is -3.66. The molecule has 2 aromatic carbocycles. The zero-order valence-electron chi connectivity index (χ0n) is 13.9. The lowest BCUT2D eigenvalue weighted by Gasteiger charge is -2.29. The zero-order valence-corrected chi connectivity index (χ0v) is 14.7. The van der Waals surface area contributed by atoms with Gasteiger partial charge >= 0.3 is 6.09 Å². The van der Waals surface area contributed by atoms with Crippen molar-refractivity contribution >= 4 is 21.6 Å². The molecule has 1 amide bonds. The number of nitrogens with one attached hydrogen (secondary N) is 1. The molecule has 1 aliphatic rings. The number of benzene rings is 2. The van der Waals surface area contributed by atoms with Crippen LogP contribution in [0.15, 0.2) is 58.3 Å². The van der Waals surface area contributed by atoms with Crippen molar-refractivity contribution < 1.29 is 22.8 Å². The van der Waals surface area contributed by atoms with Crippen LogP contribution in [-0.4, -0.2) is 40.8 Å². The lowest BCUT2D eigenvalue weighted by Crippen LogP contribution is -2.39. The van der Waals surface area contributed by atoms with Gasteiger partial charge in [-0.05, 0) is 24.3 Å². The van der Waals surface area contributed by atoms with Gasteiger partial charge in [-0.2, -0.15) is 5.06 Å². The monoisotopic (exact) mass is 377 g/mol. The van der Waals surface area contributed by atoms with E-state index in [-0.39, 0.29) is 16.4 Å². The summed E-state index contributed by atoms with van der Waals surface area (Å²) in [6, 6.07) is 12.6. The smallest absolute Gasteiger partial charge is 0.431 e. The number of anilines is 1. The Bertz CT molecular complexity index is 887. The Balaban J connectivity index is 1.85. The van der Waals surface area contributed by atoms with E-state index in [9.17, 15) is 13.2 Å². The molecule has 138 valence electrons. The van der Waals surface area contributed by atoms with E-state index in [1.807, 2.05) is 0 Å². The molecule has 8 nitrogen and oxygen atoms in total. The first-order valence-corrected chi connectivity index (χ1v) is 9.51. The first-order chi connectivity index (χ1) is 12.5. The second-order valence-electron chi connectivity index (χ2n) is 5.49. The number of carbonyl (C=O) groups is 1. The van der Waals surface area contributed by atoms with E-state index in [1.165, 1.54) is 29.3 Å². The zero-order chi connectivity index (χ0) is 18.6. The molecule has 0 atom stereocenters. The average Bonchev–Trinajstić information content (AvgIpc) is 2.67. The molecule has 0 radical (unpaired) electrons. The van der Waals surface area contributed by atoms with E-state index in [2.05, 4.69) is 5.32 Å². The number of hydrogen-bond donors (Lipinski definition) is 2. The molecule has 9 heteroatoms. The quantitative estimate of drug-likeness (QED) is 0.808. The number of ether oxygens (including phenoxy) is 1. The summed E-state index contributed by atoms with van der Waals surface area (Å²) < 4.78 is 31.0. The van der Waals surface area contributed by atoms with Gasteiger partial charge in [-0.3, -0.25) is 0 Å². The Morgan fingerprint density at radius 3 is 2.69 bits per heavy atom. The van der Waals surface area contributed by atoms with Crippen molar-refractivity contribution in [1.82, 2.24) is 5.32 Å². The number of carbonyl (C=O) groups excluding carboxylic acids is 1. The Morgan fingerprint density at radius 1 is 1.19 bits per heavy atom. The minimum absolute atomic E-state index is 0.108. The van der Waals surface area contributed by atoms with Gasteiger partial charge in [0.15, 0.2) is 0 Å². The van der Waals surface area contributed by atoms with E-state index in [1.54, 1.807) is 24.3 Å². The van der Waals surface area contributed by atoms with Crippen LogP contribution >= 0.6 is 0 Å². The minimum atomic E-state index is -3.66. The van der Waals surface area contributed by atoms with Gasteiger partial charge in [-0.1, -0.05) is 18.2 Å². The molecular formula is C17H19N3O5S. The number of hydroxylamine groups is 1. The predicted molar refractivity (Wildman–Crippen MR) is 94.7 cm³/mol. The SMILES string of the molecule is NCCNC(=O)ON1CCOc2cc(S(=O)(=O)c3ccccc3)ccc21. The highest BCUT2D eigenvalue weighted by Crippen LogP contribution is 2.35. The maximum absolute atomic E-state index is 12.7. The number of rotatable bonds is 5. The fraction of sp³-hybridized carbons (Fsp3) is 0.235. The first-order valence-electron chi connectivity index (χ1n) is 8.03. The number of hydrogen-bond acceptors (Lipinski definition) is 7. The number of fused-ring (bicyclic) bond motifs is 1. The second kappa shape index (κ2) is 7.63. The van der Waals surface area contributed by atoms with Crippen molar-refractivity contribution in [2.45, 2.75) is 9.79 Å². The van der Waals surface area contributed by atoms with Crippen LogP contribution in [-0.2, 0) is 14.7 Å². The third-order valence-electron chi connectivity index (χ3n) is 3.72. The summed E-state index contributed by atoms with van der Waals surface area (Å²) in [4.78, 5) is 17.3. The van der Waals surface area contributed by atoms with Crippen molar-refractivity contribution in [2.24, 2.45) is 5.73 Å². The Labute approximate surface area is 151 Å². The van der Waals surface area contributed by atoms with Gasteiger partial charge in [-0.15, -0.1) is 0 Å². The molecule has 0 aromatic heterocycles. The standard InChI is InChI=1S/C17H19N3O5S/c18-8-9-19-17(21)25-20-10-11-24-16-12-14(6-7-15(16)20)26(22,23)13-4-2-1-3-5-13/h1-7,12H,8-11,18H2,(H,19,21). The second-order valence-corrected chi connectivity index (χ2v) is 7.44. The van der Waals surface area contributed by atoms with Gasteiger partial charge in [0.2, 0.25) is 9.84 Å². The molecule has 0 aliphatic carbocycles. The van der Waals surface area contributed by atoms with Crippen LogP contribution in [0.3, 0.4) is 0 Å². The fourth-order valence-corrected chi connectivity index (χ4v) is 3.78. The third kappa shape index (κ3) is 3.73. The summed E-state index contributed by atoms with van der Waals surface area (Å²) >= 11 is 0. The van der Waals surface area contributed by atoms with Crippen LogP contribution < -0.4 is 20.9 Å². The van der Waals surface area contributed by atoms with Gasteiger partial charge in [-0.25, -0.2) is 13.2 Å². The lowest BCUT2D eigenvalue weighted by molar-refractivity contribution is 0.119. The van der Waals surface area contributed by atoms with Gasteiger partial charge in [0.1, 0.15) is 18.0 Å². The van der Waals surface area contributed by atoms with Crippen molar-refractivity contribution in [3.63, 3.8) is 0 Å².